The first-order valence-electron chi connectivity index (χ1n) is 9.24. The van der Waals surface area contributed by atoms with Crippen LogP contribution < -0.4 is 4.74 Å². The van der Waals surface area contributed by atoms with Crippen molar-refractivity contribution in [3.63, 3.8) is 0 Å². The largest absolute Gasteiger partial charge is 0.496 e. The third kappa shape index (κ3) is 2.69. The fourth-order valence-corrected chi connectivity index (χ4v) is 5.28. The first-order chi connectivity index (χ1) is 13.3. The molecule has 2 aromatic carbocycles. The maximum Gasteiger partial charge on any atom is 0.160 e. The van der Waals surface area contributed by atoms with Crippen LogP contribution in [0, 0.1) is 0 Å². The molecule has 2 aliphatic heterocycles. The highest BCUT2D eigenvalue weighted by molar-refractivity contribution is 8.14. The minimum atomic E-state index is 0.0120. The van der Waals surface area contributed by atoms with Gasteiger partial charge in [0.15, 0.2) is 5.17 Å². The molecule has 0 bridgehead atoms. The molecule has 4 nitrogen and oxygen atoms in total. The summed E-state index contributed by atoms with van der Waals surface area (Å²) in [6.07, 6.45) is 1.86. The summed E-state index contributed by atoms with van der Waals surface area (Å²) in [5.74, 6) is 0.909. The van der Waals surface area contributed by atoms with E-state index < -0.39 is 0 Å². The van der Waals surface area contributed by atoms with E-state index in [9.17, 15) is 0 Å². The molecule has 3 unspecified atom stereocenters. The summed E-state index contributed by atoms with van der Waals surface area (Å²) < 4.78 is 5.60. The number of fused-ring (bicyclic) bond motifs is 2. The molecule has 27 heavy (non-hydrogen) atoms. The van der Waals surface area contributed by atoms with E-state index in [-0.39, 0.29) is 12.1 Å². The summed E-state index contributed by atoms with van der Waals surface area (Å²) in [4.78, 5) is 12.2. The summed E-state index contributed by atoms with van der Waals surface area (Å²) in [5, 5.41) is 4.07. The number of rotatable bonds is 3. The second kappa shape index (κ2) is 6.57. The Balaban J connectivity index is 1.69. The van der Waals surface area contributed by atoms with Gasteiger partial charge in [0.05, 0.1) is 18.8 Å². The molecular formula is C22H21N3OS. The summed E-state index contributed by atoms with van der Waals surface area (Å²) in [6.45, 7) is 3.28. The minimum Gasteiger partial charge on any atom is -0.496 e. The third-order valence-electron chi connectivity index (χ3n) is 5.34. The Bertz CT molecular complexity index is 1020. The Kier molecular flexibility index (Phi) is 4.05. The second-order valence-corrected chi connectivity index (χ2v) is 8.45. The summed E-state index contributed by atoms with van der Waals surface area (Å²) in [6, 6.07) is 19.0. The van der Waals surface area contributed by atoms with Crippen molar-refractivity contribution < 1.29 is 4.74 Å². The van der Waals surface area contributed by atoms with E-state index in [1.165, 1.54) is 10.9 Å². The molecule has 0 aliphatic carbocycles. The molecule has 136 valence electrons. The normalized spacial score (nSPS) is 24.1. The van der Waals surface area contributed by atoms with Gasteiger partial charge in [-0.25, -0.2) is 0 Å². The zero-order valence-electron chi connectivity index (χ0n) is 15.4. The molecule has 3 aromatic rings. The third-order valence-corrected chi connectivity index (χ3v) is 6.44. The van der Waals surface area contributed by atoms with Crippen molar-refractivity contribution in [2.45, 2.75) is 24.3 Å². The van der Waals surface area contributed by atoms with Crippen LogP contribution in [0.5, 0.6) is 5.75 Å². The molecule has 1 saturated heterocycles. The van der Waals surface area contributed by atoms with Crippen LogP contribution in [0.2, 0.25) is 0 Å². The van der Waals surface area contributed by atoms with Crippen LogP contribution in [0.3, 0.4) is 0 Å². The molecule has 3 heterocycles. The molecule has 0 saturated carbocycles. The number of pyridine rings is 1. The fourth-order valence-electron chi connectivity index (χ4n) is 4.18. The van der Waals surface area contributed by atoms with Gasteiger partial charge in [-0.1, -0.05) is 55.1 Å². The number of hydrogen-bond donors (Lipinski definition) is 0. The molecule has 2 aliphatic rings. The number of thioether (sulfide) groups is 1. The molecule has 1 fully saturated rings. The zero-order valence-corrected chi connectivity index (χ0v) is 16.2. The van der Waals surface area contributed by atoms with Gasteiger partial charge in [-0.3, -0.25) is 9.98 Å². The van der Waals surface area contributed by atoms with Gasteiger partial charge in [0.2, 0.25) is 0 Å². The predicted octanol–water partition coefficient (Wildman–Crippen LogP) is 4.83. The van der Waals surface area contributed by atoms with Crippen LogP contribution in [-0.4, -0.2) is 34.0 Å². The highest BCUT2D eigenvalue weighted by Gasteiger charge is 2.44. The van der Waals surface area contributed by atoms with Crippen molar-refractivity contribution in [3.8, 4) is 5.75 Å². The Morgan fingerprint density at radius 3 is 2.63 bits per heavy atom. The fraction of sp³-hybridized carbons (Fsp3) is 0.273. The number of aliphatic imine (C=N–C) groups is 1. The van der Waals surface area contributed by atoms with Crippen LogP contribution >= 0.6 is 11.8 Å². The quantitative estimate of drug-likeness (QED) is 0.657. The number of amidine groups is 1. The number of benzene rings is 2. The average molecular weight is 375 g/mol. The van der Waals surface area contributed by atoms with Crippen LogP contribution in [0.4, 0.5) is 0 Å². The van der Waals surface area contributed by atoms with E-state index in [1.807, 2.05) is 30.1 Å². The van der Waals surface area contributed by atoms with Gasteiger partial charge in [-0.05, 0) is 29.1 Å². The number of ether oxygens (including phenoxy) is 1. The molecular weight excluding hydrogens is 354 g/mol. The lowest BCUT2D eigenvalue weighted by Crippen LogP contribution is -2.28. The number of hydrogen-bond acceptors (Lipinski definition) is 5. The predicted molar refractivity (Wildman–Crippen MR) is 111 cm³/mol. The highest BCUT2D eigenvalue weighted by atomic mass is 32.2. The van der Waals surface area contributed by atoms with E-state index in [4.69, 9.17) is 9.73 Å². The molecule has 0 spiro atoms. The zero-order chi connectivity index (χ0) is 18.4. The molecule has 0 N–H and O–H groups in total. The van der Waals surface area contributed by atoms with Gasteiger partial charge in [0.25, 0.3) is 0 Å². The Morgan fingerprint density at radius 1 is 1.04 bits per heavy atom. The monoisotopic (exact) mass is 375 g/mol. The van der Waals surface area contributed by atoms with E-state index in [2.05, 4.69) is 59.3 Å². The van der Waals surface area contributed by atoms with Gasteiger partial charge in [0, 0.05) is 23.4 Å². The van der Waals surface area contributed by atoms with Crippen LogP contribution in [0.25, 0.3) is 10.8 Å². The summed E-state index contributed by atoms with van der Waals surface area (Å²) in [7, 11) is 1.73. The standard InChI is InChI=1S/C22H21N3OS/c1-14-13-25-21(20(24-22(25)27-14)18-9-5-6-12-23-18)17-10-11-19(26-2)16-8-4-3-7-15(16)17/h3-12,14,20-21H,13H2,1-2H3. The van der Waals surface area contributed by atoms with Crippen molar-refractivity contribution in [1.82, 2.24) is 9.88 Å². The summed E-state index contributed by atoms with van der Waals surface area (Å²) in [5.41, 5.74) is 2.31. The second-order valence-electron chi connectivity index (χ2n) is 7.04. The van der Waals surface area contributed by atoms with Gasteiger partial charge in [0.1, 0.15) is 11.8 Å². The lowest BCUT2D eigenvalue weighted by Gasteiger charge is -2.28. The van der Waals surface area contributed by atoms with Gasteiger partial charge in [-0.15, -0.1) is 0 Å². The van der Waals surface area contributed by atoms with Gasteiger partial charge < -0.3 is 9.64 Å². The lowest BCUT2D eigenvalue weighted by atomic mass is 9.91. The molecule has 0 radical (unpaired) electrons. The van der Waals surface area contributed by atoms with Gasteiger partial charge >= 0.3 is 0 Å². The SMILES string of the molecule is COc1ccc(C2C(c3ccccn3)N=C3SC(C)CN32)c2ccccc12. The van der Waals surface area contributed by atoms with Crippen molar-refractivity contribution in [3.05, 3.63) is 72.1 Å². The van der Waals surface area contributed by atoms with E-state index >= 15 is 0 Å². The van der Waals surface area contributed by atoms with Gasteiger partial charge in [-0.2, -0.15) is 0 Å². The highest BCUT2D eigenvalue weighted by Crippen LogP contribution is 2.49. The van der Waals surface area contributed by atoms with Crippen molar-refractivity contribution in [1.29, 1.82) is 0 Å². The van der Waals surface area contributed by atoms with Crippen LogP contribution in [0.15, 0.2) is 65.8 Å². The minimum absolute atomic E-state index is 0.0120. The summed E-state index contributed by atoms with van der Waals surface area (Å²) >= 11 is 1.87. The Hall–Kier alpha value is -2.53. The molecule has 0 amide bonds. The molecule has 3 atom stereocenters. The van der Waals surface area contributed by atoms with Crippen molar-refractivity contribution in [2.24, 2.45) is 4.99 Å². The molecule has 5 heteroatoms. The molecule has 1 aromatic heterocycles. The Morgan fingerprint density at radius 2 is 1.85 bits per heavy atom. The number of methoxy groups -OCH3 is 1. The Labute approximate surface area is 163 Å². The number of aromatic nitrogens is 1. The first-order valence-corrected chi connectivity index (χ1v) is 10.1. The molecule has 5 rings (SSSR count). The smallest absolute Gasteiger partial charge is 0.160 e. The maximum absolute atomic E-state index is 5.60. The number of nitrogens with zero attached hydrogens (tertiary/aromatic N) is 3. The van der Waals surface area contributed by atoms with E-state index in [0.717, 1.165) is 28.5 Å². The first kappa shape index (κ1) is 16.6. The van der Waals surface area contributed by atoms with E-state index in [1.54, 1.807) is 7.11 Å². The topological polar surface area (TPSA) is 37.7 Å². The maximum atomic E-state index is 5.60. The van der Waals surface area contributed by atoms with Crippen LogP contribution in [0.1, 0.15) is 30.3 Å². The van der Waals surface area contributed by atoms with Crippen molar-refractivity contribution in [2.75, 3.05) is 13.7 Å². The lowest BCUT2D eigenvalue weighted by molar-refractivity contribution is 0.323. The van der Waals surface area contributed by atoms with E-state index in [0.29, 0.717) is 5.25 Å². The van der Waals surface area contributed by atoms with Crippen LogP contribution in [-0.2, 0) is 0 Å². The van der Waals surface area contributed by atoms with Crippen molar-refractivity contribution >= 4 is 27.7 Å². The average Bonchev–Trinajstić information content (AvgIpc) is 3.24.